The molecule has 214 valence electrons. The Bertz CT molecular complexity index is 1940. The fourth-order valence-corrected chi connectivity index (χ4v) is 6.01. The molecule has 1 fully saturated rings. The summed E-state index contributed by atoms with van der Waals surface area (Å²) in [4.78, 5) is 21.0. The van der Waals surface area contributed by atoms with Crippen molar-refractivity contribution in [2.24, 2.45) is 4.99 Å². The molecule has 1 aliphatic heterocycles. The standard InChI is InChI=1S/C35H25Cl2FN2O2S/c1-21-7-14-26(17-30(21)36)39-35-40(27-15-8-22(2)31(37)18-27)34(41)33(43-35)19-29-28-6-4-3-5-24(28)11-16-32(29)42-20-23-9-12-25(38)13-10-23/h3-19H,20H2,1-2H3/b33-19+,39-35?. The number of carbonyl (C=O) groups is 1. The topological polar surface area (TPSA) is 41.9 Å². The number of fused-ring (bicyclic) bond motifs is 1. The molecule has 5 aromatic rings. The van der Waals surface area contributed by atoms with Crippen molar-refractivity contribution < 1.29 is 13.9 Å². The molecule has 5 aromatic carbocycles. The van der Waals surface area contributed by atoms with Gasteiger partial charge in [0.15, 0.2) is 5.17 Å². The summed E-state index contributed by atoms with van der Waals surface area (Å²) in [6.07, 6.45) is 1.85. The summed E-state index contributed by atoms with van der Waals surface area (Å²) in [6.45, 7) is 4.08. The second-order valence-corrected chi connectivity index (χ2v) is 11.9. The van der Waals surface area contributed by atoms with Crippen LogP contribution in [0.2, 0.25) is 10.0 Å². The number of aliphatic imine (C=N–C) groups is 1. The number of aryl methyl sites for hydroxylation is 2. The lowest BCUT2D eigenvalue weighted by atomic mass is 10.0. The molecular weight excluding hydrogens is 602 g/mol. The first-order valence-electron chi connectivity index (χ1n) is 13.5. The van der Waals surface area contributed by atoms with Crippen molar-refractivity contribution >= 4 is 74.3 Å². The molecular formula is C35H25Cl2FN2O2S. The molecule has 1 saturated heterocycles. The maximum absolute atomic E-state index is 14.1. The largest absolute Gasteiger partial charge is 0.488 e. The van der Waals surface area contributed by atoms with Gasteiger partial charge < -0.3 is 4.74 Å². The van der Waals surface area contributed by atoms with Gasteiger partial charge in [0, 0.05) is 15.6 Å². The van der Waals surface area contributed by atoms with Gasteiger partial charge in [0.2, 0.25) is 0 Å². The average Bonchev–Trinajstić information content (AvgIpc) is 3.30. The molecule has 0 spiro atoms. The van der Waals surface area contributed by atoms with Gasteiger partial charge in [-0.05, 0) is 102 Å². The molecule has 0 aromatic heterocycles. The molecule has 1 aliphatic rings. The summed E-state index contributed by atoms with van der Waals surface area (Å²) in [7, 11) is 0. The number of hydrogen-bond donors (Lipinski definition) is 0. The Labute approximate surface area is 263 Å². The Kier molecular flexibility index (Phi) is 8.26. The van der Waals surface area contributed by atoms with E-state index in [1.807, 2.05) is 80.6 Å². The normalized spacial score (nSPS) is 15.2. The highest BCUT2D eigenvalue weighted by Crippen LogP contribution is 2.41. The smallest absolute Gasteiger partial charge is 0.271 e. The van der Waals surface area contributed by atoms with Gasteiger partial charge in [0.25, 0.3) is 5.91 Å². The van der Waals surface area contributed by atoms with Gasteiger partial charge in [0.1, 0.15) is 18.2 Å². The van der Waals surface area contributed by atoms with E-state index in [4.69, 9.17) is 32.9 Å². The van der Waals surface area contributed by atoms with Gasteiger partial charge in [-0.15, -0.1) is 0 Å². The third kappa shape index (κ3) is 6.18. The summed E-state index contributed by atoms with van der Waals surface area (Å²) < 4.78 is 19.7. The Hall–Kier alpha value is -4.10. The fraction of sp³-hybridized carbons (Fsp3) is 0.0857. The summed E-state index contributed by atoms with van der Waals surface area (Å²) in [5.41, 5.74) is 4.67. The highest BCUT2D eigenvalue weighted by atomic mass is 35.5. The monoisotopic (exact) mass is 626 g/mol. The molecule has 0 aliphatic carbocycles. The first-order valence-corrected chi connectivity index (χ1v) is 15.1. The van der Waals surface area contributed by atoms with E-state index in [1.165, 1.54) is 23.9 Å². The van der Waals surface area contributed by atoms with Crippen molar-refractivity contribution in [3.05, 3.63) is 140 Å². The van der Waals surface area contributed by atoms with Crippen LogP contribution in [0.25, 0.3) is 16.8 Å². The molecule has 8 heteroatoms. The van der Waals surface area contributed by atoms with Crippen LogP contribution >= 0.6 is 35.0 Å². The van der Waals surface area contributed by atoms with Crippen LogP contribution in [0.5, 0.6) is 5.75 Å². The minimum Gasteiger partial charge on any atom is -0.488 e. The molecule has 4 nitrogen and oxygen atoms in total. The van der Waals surface area contributed by atoms with E-state index in [9.17, 15) is 9.18 Å². The van der Waals surface area contributed by atoms with Crippen LogP contribution in [-0.2, 0) is 11.4 Å². The van der Waals surface area contributed by atoms with Crippen molar-refractivity contribution in [1.29, 1.82) is 0 Å². The van der Waals surface area contributed by atoms with Crippen LogP contribution < -0.4 is 9.64 Å². The van der Waals surface area contributed by atoms with Crippen molar-refractivity contribution in [2.75, 3.05) is 4.90 Å². The molecule has 0 radical (unpaired) electrons. The van der Waals surface area contributed by atoms with E-state index >= 15 is 0 Å². The Morgan fingerprint density at radius 2 is 1.60 bits per heavy atom. The van der Waals surface area contributed by atoms with Gasteiger partial charge in [-0.1, -0.05) is 77.8 Å². The fourth-order valence-electron chi connectivity index (χ4n) is 4.68. The Morgan fingerprint density at radius 3 is 2.35 bits per heavy atom. The second kappa shape index (κ2) is 12.3. The quantitative estimate of drug-likeness (QED) is 0.176. The van der Waals surface area contributed by atoms with Crippen LogP contribution in [0.3, 0.4) is 0 Å². The number of hydrogen-bond acceptors (Lipinski definition) is 4. The molecule has 0 N–H and O–H groups in total. The minimum atomic E-state index is -0.304. The van der Waals surface area contributed by atoms with Gasteiger partial charge in [0.05, 0.1) is 16.3 Å². The van der Waals surface area contributed by atoms with Crippen molar-refractivity contribution in [2.45, 2.75) is 20.5 Å². The first kappa shape index (κ1) is 29.0. The van der Waals surface area contributed by atoms with Gasteiger partial charge >= 0.3 is 0 Å². The highest BCUT2D eigenvalue weighted by molar-refractivity contribution is 8.19. The zero-order chi connectivity index (χ0) is 30.1. The van der Waals surface area contributed by atoms with E-state index < -0.39 is 0 Å². The summed E-state index contributed by atoms with van der Waals surface area (Å²) >= 11 is 14.1. The summed E-state index contributed by atoms with van der Waals surface area (Å²) in [6, 6.07) is 29.0. The first-order chi connectivity index (χ1) is 20.8. The molecule has 1 heterocycles. The number of rotatable bonds is 6. The number of ether oxygens (including phenoxy) is 1. The molecule has 0 saturated carbocycles. The maximum atomic E-state index is 14.1. The third-order valence-corrected chi connectivity index (χ3v) is 8.90. The van der Waals surface area contributed by atoms with E-state index in [0.717, 1.165) is 33.0 Å². The average molecular weight is 628 g/mol. The van der Waals surface area contributed by atoms with Gasteiger partial charge in [-0.2, -0.15) is 0 Å². The maximum Gasteiger partial charge on any atom is 0.271 e. The van der Waals surface area contributed by atoms with Crippen LogP contribution in [0.4, 0.5) is 15.8 Å². The SMILES string of the molecule is Cc1ccc(N=C2S/C(=C/c3c(OCc4ccc(F)cc4)ccc4ccccc34)C(=O)N2c2ccc(C)c(Cl)c2)cc1Cl. The molecule has 0 atom stereocenters. The number of halogens is 3. The van der Waals surface area contributed by atoms with Crippen molar-refractivity contribution in [3.8, 4) is 5.75 Å². The Morgan fingerprint density at radius 1 is 0.884 bits per heavy atom. The highest BCUT2D eigenvalue weighted by Gasteiger charge is 2.35. The zero-order valence-corrected chi connectivity index (χ0v) is 25.6. The summed E-state index contributed by atoms with van der Waals surface area (Å²) in [5, 5.41) is 3.56. The van der Waals surface area contributed by atoms with Crippen molar-refractivity contribution in [3.63, 3.8) is 0 Å². The number of carbonyl (C=O) groups excluding carboxylic acids is 1. The van der Waals surface area contributed by atoms with E-state index in [1.54, 1.807) is 29.2 Å². The predicted molar refractivity (Wildman–Crippen MR) is 177 cm³/mol. The minimum absolute atomic E-state index is 0.237. The van der Waals surface area contributed by atoms with E-state index in [-0.39, 0.29) is 18.3 Å². The molecule has 0 bridgehead atoms. The molecule has 43 heavy (non-hydrogen) atoms. The number of nitrogens with zero attached hydrogens (tertiary/aromatic N) is 2. The number of amides is 1. The van der Waals surface area contributed by atoms with E-state index in [2.05, 4.69) is 0 Å². The number of amidine groups is 1. The number of anilines is 1. The zero-order valence-electron chi connectivity index (χ0n) is 23.3. The van der Waals surface area contributed by atoms with Crippen LogP contribution in [0.1, 0.15) is 22.3 Å². The van der Waals surface area contributed by atoms with Gasteiger partial charge in [-0.25, -0.2) is 9.38 Å². The lowest BCUT2D eigenvalue weighted by Crippen LogP contribution is -2.28. The number of benzene rings is 5. The Balaban J connectivity index is 1.45. The van der Waals surface area contributed by atoms with Crippen molar-refractivity contribution in [1.82, 2.24) is 0 Å². The lowest BCUT2D eigenvalue weighted by Gasteiger charge is -2.17. The van der Waals surface area contributed by atoms with Crippen LogP contribution in [0, 0.1) is 19.7 Å². The second-order valence-electron chi connectivity index (χ2n) is 10.1. The third-order valence-electron chi connectivity index (χ3n) is 7.11. The molecule has 1 amide bonds. The van der Waals surface area contributed by atoms with Crippen LogP contribution in [-0.4, -0.2) is 11.1 Å². The molecule has 6 rings (SSSR count). The number of thioether (sulfide) groups is 1. The van der Waals surface area contributed by atoms with Gasteiger partial charge in [-0.3, -0.25) is 9.69 Å². The van der Waals surface area contributed by atoms with E-state index in [0.29, 0.717) is 37.2 Å². The molecule has 0 unspecified atom stereocenters. The summed E-state index contributed by atoms with van der Waals surface area (Å²) in [5.74, 6) is 0.0605. The predicted octanol–water partition coefficient (Wildman–Crippen LogP) is 10.3. The van der Waals surface area contributed by atoms with Crippen LogP contribution in [0.15, 0.2) is 107 Å². The lowest BCUT2D eigenvalue weighted by molar-refractivity contribution is -0.113.